The van der Waals surface area contributed by atoms with Gasteiger partial charge in [0.2, 0.25) is 9.84 Å². The number of rotatable bonds is 6. The molecular weight excluding hydrogens is 365 g/mol. The van der Waals surface area contributed by atoms with E-state index in [0.717, 1.165) is 24.3 Å². The van der Waals surface area contributed by atoms with Gasteiger partial charge in [0, 0.05) is 12.1 Å². The number of carbonyl (C=O) groups excluding carboxylic acids is 2. The minimum atomic E-state index is -3.91. The molecule has 0 aliphatic heterocycles. The standard InChI is InChI=1S/C16H16FN3O5S/c17-12-4-6-13(7-5-12)26(24,25)14-3-1-2-11(10-14)15(21)19-8-9-20(23)16(18)22/h1-7,10,23H,8-9H2,(H2,18,22)(H,19,21). The molecule has 0 atom stereocenters. The monoisotopic (exact) mass is 381 g/mol. The van der Waals surface area contributed by atoms with E-state index in [1.807, 2.05) is 0 Å². The SMILES string of the molecule is NC(=O)N(O)CCNC(=O)c1cccc(S(=O)(=O)c2ccc(F)cc2)c1. The normalized spacial score (nSPS) is 11.0. The molecule has 0 aliphatic carbocycles. The van der Waals surface area contributed by atoms with Crippen LogP contribution >= 0.6 is 0 Å². The van der Waals surface area contributed by atoms with Gasteiger partial charge in [-0.2, -0.15) is 0 Å². The fourth-order valence-electron chi connectivity index (χ4n) is 2.04. The van der Waals surface area contributed by atoms with Gasteiger partial charge < -0.3 is 11.1 Å². The summed E-state index contributed by atoms with van der Waals surface area (Å²) >= 11 is 0. The number of carbonyl (C=O) groups is 2. The molecule has 0 unspecified atom stereocenters. The van der Waals surface area contributed by atoms with Crippen LogP contribution in [0.2, 0.25) is 0 Å². The highest BCUT2D eigenvalue weighted by atomic mass is 32.2. The molecule has 0 bridgehead atoms. The van der Waals surface area contributed by atoms with Crippen LogP contribution in [0, 0.1) is 5.82 Å². The quantitative estimate of drug-likeness (QED) is 0.393. The van der Waals surface area contributed by atoms with Crippen LogP contribution in [0.5, 0.6) is 0 Å². The number of nitrogens with one attached hydrogen (secondary N) is 1. The van der Waals surface area contributed by atoms with Crippen LogP contribution in [0.3, 0.4) is 0 Å². The number of hydrogen-bond acceptors (Lipinski definition) is 5. The van der Waals surface area contributed by atoms with Crippen molar-refractivity contribution in [3.63, 3.8) is 0 Å². The zero-order valence-electron chi connectivity index (χ0n) is 13.4. The number of sulfone groups is 1. The summed E-state index contributed by atoms with van der Waals surface area (Å²) in [6.45, 7) is -0.318. The van der Waals surface area contributed by atoms with E-state index in [-0.39, 0.29) is 33.5 Å². The molecule has 0 saturated heterocycles. The molecule has 26 heavy (non-hydrogen) atoms. The highest BCUT2D eigenvalue weighted by molar-refractivity contribution is 7.91. The third-order valence-corrected chi connectivity index (χ3v) is 5.16. The summed E-state index contributed by atoms with van der Waals surface area (Å²) in [5, 5.41) is 11.8. The Morgan fingerprint density at radius 1 is 1.12 bits per heavy atom. The Balaban J connectivity index is 2.15. The molecular formula is C16H16FN3O5S. The molecule has 0 aromatic heterocycles. The largest absolute Gasteiger partial charge is 0.350 e. The van der Waals surface area contributed by atoms with E-state index in [2.05, 4.69) is 5.32 Å². The Kier molecular flexibility index (Phi) is 5.90. The topological polar surface area (TPSA) is 130 Å². The van der Waals surface area contributed by atoms with Gasteiger partial charge in [-0.15, -0.1) is 0 Å². The van der Waals surface area contributed by atoms with E-state index in [1.54, 1.807) is 0 Å². The van der Waals surface area contributed by atoms with E-state index in [4.69, 9.17) is 10.9 Å². The number of nitrogens with zero attached hydrogens (tertiary/aromatic N) is 1. The van der Waals surface area contributed by atoms with E-state index in [1.165, 1.54) is 24.3 Å². The number of hydroxylamine groups is 2. The lowest BCUT2D eigenvalue weighted by Crippen LogP contribution is -2.39. The summed E-state index contributed by atoms with van der Waals surface area (Å²) in [4.78, 5) is 22.5. The fraction of sp³-hybridized carbons (Fsp3) is 0.125. The van der Waals surface area contributed by atoms with Gasteiger partial charge in [-0.1, -0.05) is 6.07 Å². The zero-order chi connectivity index (χ0) is 19.3. The molecule has 2 rings (SSSR count). The number of primary amides is 1. The molecule has 0 heterocycles. The summed E-state index contributed by atoms with van der Waals surface area (Å²) in [7, 11) is -3.91. The molecule has 0 radical (unpaired) electrons. The maximum atomic E-state index is 13.0. The predicted molar refractivity (Wildman–Crippen MR) is 88.7 cm³/mol. The average Bonchev–Trinajstić information content (AvgIpc) is 2.62. The molecule has 2 aromatic carbocycles. The van der Waals surface area contributed by atoms with Crippen LogP contribution in [-0.4, -0.2) is 43.7 Å². The molecule has 8 nitrogen and oxygen atoms in total. The minimum Gasteiger partial charge on any atom is -0.350 e. The van der Waals surface area contributed by atoms with Gasteiger partial charge in [0.15, 0.2) is 0 Å². The number of nitrogens with two attached hydrogens (primary N) is 1. The van der Waals surface area contributed by atoms with Gasteiger partial charge in [-0.05, 0) is 42.5 Å². The Morgan fingerprint density at radius 2 is 1.77 bits per heavy atom. The predicted octanol–water partition coefficient (Wildman–Crippen LogP) is 1.16. The lowest BCUT2D eigenvalue weighted by Gasteiger charge is -2.12. The molecule has 0 spiro atoms. The Hall–Kier alpha value is -2.98. The van der Waals surface area contributed by atoms with E-state index >= 15 is 0 Å². The van der Waals surface area contributed by atoms with Crippen LogP contribution in [0.15, 0.2) is 58.3 Å². The average molecular weight is 381 g/mol. The highest BCUT2D eigenvalue weighted by Gasteiger charge is 2.19. The fourth-order valence-corrected chi connectivity index (χ4v) is 3.35. The van der Waals surface area contributed by atoms with Crippen molar-refractivity contribution >= 4 is 21.8 Å². The van der Waals surface area contributed by atoms with Crippen LogP contribution < -0.4 is 11.1 Å². The van der Waals surface area contributed by atoms with Crippen LogP contribution in [0.1, 0.15) is 10.4 Å². The second kappa shape index (κ2) is 7.93. The summed E-state index contributed by atoms with van der Waals surface area (Å²) < 4.78 is 38.1. The smallest absolute Gasteiger partial charge is 0.338 e. The molecule has 138 valence electrons. The molecule has 3 amide bonds. The van der Waals surface area contributed by atoms with Crippen LogP contribution in [0.25, 0.3) is 0 Å². The van der Waals surface area contributed by atoms with Crippen molar-refractivity contribution in [3.8, 4) is 0 Å². The summed E-state index contributed by atoms with van der Waals surface area (Å²) in [5.74, 6) is -1.16. The van der Waals surface area contributed by atoms with Crippen LogP contribution in [0.4, 0.5) is 9.18 Å². The lowest BCUT2D eigenvalue weighted by atomic mass is 10.2. The van der Waals surface area contributed by atoms with Gasteiger partial charge in [-0.3, -0.25) is 10.0 Å². The molecule has 4 N–H and O–H groups in total. The van der Waals surface area contributed by atoms with Crippen LogP contribution in [-0.2, 0) is 9.84 Å². The maximum Gasteiger partial charge on any atom is 0.338 e. The lowest BCUT2D eigenvalue weighted by molar-refractivity contribution is -0.0376. The van der Waals surface area contributed by atoms with Crippen molar-refractivity contribution in [2.45, 2.75) is 9.79 Å². The number of hydrogen-bond donors (Lipinski definition) is 3. The van der Waals surface area contributed by atoms with Crippen molar-refractivity contribution in [2.24, 2.45) is 5.73 Å². The first kappa shape index (κ1) is 19.3. The van der Waals surface area contributed by atoms with E-state index in [0.29, 0.717) is 0 Å². The maximum absolute atomic E-state index is 13.0. The Bertz CT molecular complexity index is 916. The second-order valence-corrected chi connectivity index (χ2v) is 7.15. The Labute approximate surface area is 148 Å². The minimum absolute atomic E-state index is 0.0664. The number of urea groups is 1. The molecule has 0 fully saturated rings. The number of amides is 3. The van der Waals surface area contributed by atoms with Gasteiger partial charge >= 0.3 is 6.03 Å². The Morgan fingerprint density at radius 3 is 2.38 bits per heavy atom. The number of halogens is 1. The van der Waals surface area contributed by atoms with E-state index < -0.39 is 27.6 Å². The summed E-state index contributed by atoms with van der Waals surface area (Å²) in [6, 6.07) is 8.57. The highest BCUT2D eigenvalue weighted by Crippen LogP contribution is 2.21. The van der Waals surface area contributed by atoms with Crippen molar-refractivity contribution < 1.29 is 27.6 Å². The number of benzene rings is 2. The van der Waals surface area contributed by atoms with E-state index in [9.17, 15) is 22.4 Å². The molecule has 0 aliphatic rings. The third-order valence-electron chi connectivity index (χ3n) is 3.39. The van der Waals surface area contributed by atoms with Crippen molar-refractivity contribution in [3.05, 3.63) is 59.9 Å². The first-order valence-corrected chi connectivity index (χ1v) is 8.85. The van der Waals surface area contributed by atoms with Gasteiger partial charge in [0.1, 0.15) is 5.82 Å². The first-order valence-electron chi connectivity index (χ1n) is 7.36. The van der Waals surface area contributed by atoms with Crippen molar-refractivity contribution in [1.29, 1.82) is 0 Å². The van der Waals surface area contributed by atoms with Gasteiger partial charge in [0.25, 0.3) is 5.91 Å². The van der Waals surface area contributed by atoms with Crippen molar-refractivity contribution in [1.82, 2.24) is 10.4 Å². The second-order valence-electron chi connectivity index (χ2n) is 5.20. The molecule has 0 saturated carbocycles. The van der Waals surface area contributed by atoms with Crippen molar-refractivity contribution in [2.75, 3.05) is 13.1 Å². The molecule has 10 heteroatoms. The molecule has 2 aromatic rings. The third kappa shape index (κ3) is 4.55. The van der Waals surface area contributed by atoms with Gasteiger partial charge in [0.05, 0.1) is 16.3 Å². The first-order chi connectivity index (χ1) is 12.2. The summed E-state index contributed by atoms with van der Waals surface area (Å²) in [6.07, 6.45) is 0. The zero-order valence-corrected chi connectivity index (χ0v) is 14.2. The van der Waals surface area contributed by atoms with Gasteiger partial charge in [-0.25, -0.2) is 22.7 Å². The summed E-state index contributed by atoms with van der Waals surface area (Å²) in [5.41, 5.74) is 4.90.